The molecule has 0 radical (unpaired) electrons. The first kappa shape index (κ1) is 16.7. The van der Waals surface area contributed by atoms with Gasteiger partial charge in [-0.2, -0.15) is 0 Å². The third-order valence-corrected chi connectivity index (χ3v) is 5.37. The summed E-state index contributed by atoms with van der Waals surface area (Å²) in [6.07, 6.45) is 1.35. The Labute approximate surface area is 144 Å². The van der Waals surface area contributed by atoms with Crippen LogP contribution in [0.1, 0.15) is 12.8 Å². The molecular formula is C16H14ClFN2O3S. The number of carbonyl (C=O) groups is 1. The zero-order valence-corrected chi connectivity index (χ0v) is 14.1. The van der Waals surface area contributed by atoms with E-state index in [2.05, 4.69) is 4.72 Å². The molecule has 0 saturated carbocycles. The maximum absolute atomic E-state index is 13.2. The number of rotatable bonds is 4. The predicted octanol–water partition coefficient (Wildman–Crippen LogP) is 3.41. The number of benzene rings is 2. The first-order valence-electron chi connectivity index (χ1n) is 7.25. The summed E-state index contributed by atoms with van der Waals surface area (Å²) in [7, 11) is -3.88. The molecule has 3 rings (SSSR count). The van der Waals surface area contributed by atoms with Gasteiger partial charge in [0.25, 0.3) is 10.0 Å². The molecule has 1 heterocycles. The minimum absolute atomic E-state index is 0.0595. The summed E-state index contributed by atoms with van der Waals surface area (Å²) in [5.41, 5.74) is 1.07. The minimum Gasteiger partial charge on any atom is -0.312 e. The van der Waals surface area contributed by atoms with Crippen molar-refractivity contribution < 1.29 is 17.6 Å². The van der Waals surface area contributed by atoms with Gasteiger partial charge in [0, 0.05) is 24.3 Å². The Morgan fingerprint density at radius 2 is 1.83 bits per heavy atom. The summed E-state index contributed by atoms with van der Waals surface area (Å²) < 4.78 is 40.2. The van der Waals surface area contributed by atoms with Crippen LogP contribution in [-0.4, -0.2) is 20.9 Å². The average Bonchev–Trinajstić information content (AvgIpc) is 2.96. The molecule has 1 saturated heterocycles. The molecule has 0 bridgehead atoms. The van der Waals surface area contributed by atoms with Crippen LogP contribution in [0.15, 0.2) is 47.4 Å². The number of amides is 1. The number of nitrogens with zero attached hydrogens (tertiary/aromatic N) is 1. The van der Waals surface area contributed by atoms with Gasteiger partial charge in [0.2, 0.25) is 5.91 Å². The minimum atomic E-state index is -3.88. The molecule has 1 aliphatic rings. The molecule has 5 nitrogen and oxygen atoms in total. The Bertz CT molecular complexity index is 885. The fourth-order valence-electron chi connectivity index (χ4n) is 2.49. The number of hydrogen-bond acceptors (Lipinski definition) is 3. The lowest BCUT2D eigenvalue weighted by molar-refractivity contribution is -0.117. The molecule has 1 aliphatic heterocycles. The van der Waals surface area contributed by atoms with Crippen LogP contribution < -0.4 is 9.62 Å². The fraction of sp³-hybridized carbons (Fsp3) is 0.188. The van der Waals surface area contributed by atoms with Crippen molar-refractivity contribution in [1.29, 1.82) is 0 Å². The number of hydrogen-bond donors (Lipinski definition) is 1. The van der Waals surface area contributed by atoms with E-state index in [-0.39, 0.29) is 15.8 Å². The molecule has 24 heavy (non-hydrogen) atoms. The van der Waals surface area contributed by atoms with Crippen LogP contribution in [0.2, 0.25) is 5.02 Å². The van der Waals surface area contributed by atoms with Crippen molar-refractivity contribution in [1.82, 2.24) is 0 Å². The van der Waals surface area contributed by atoms with E-state index in [0.29, 0.717) is 18.7 Å². The van der Waals surface area contributed by atoms with E-state index in [1.165, 1.54) is 0 Å². The lowest BCUT2D eigenvalue weighted by Gasteiger charge is -2.16. The van der Waals surface area contributed by atoms with Crippen molar-refractivity contribution in [2.75, 3.05) is 16.2 Å². The molecular weight excluding hydrogens is 355 g/mol. The van der Waals surface area contributed by atoms with Gasteiger partial charge >= 0.3 is 0 Å². The van der Waals surface area contributed by atoms with Gasteiger partial charge < -0.3 is 4.90 Å². The molecule has 8 heteroatoms. The highest BCUT2D eigenvalue weighted by Gasteiger charge is 2.22. The summed E-state index contributed by atoms with van der Waals surface area (Å²) in [5, 5.41) is -0.263. The van der Waals surface area contributed by atoms with E-state index in [9.17, 15) is 17.6 Å². The fourth-order valence-corrected chi connectivity index (χ4v) is 3.82. The first-order chi connectivity index (χ1) is 11.4. The molecule has 2 aromatic carbocycles. The molecule has 2 aromatic rings. The van der Waals surface area contributed by atoms with Crippen LogP contribution in [0, 0.1) is 5.82 Å². The molecule has 1 N–H and O–H groups in total. The number of sulfonamides is 1. The van der Waals surface area contributed by atoms with Gasteiger partial charge in [-0.05, 0) is 48.9 Å². The SMILES string of the molecule is O=C1CCCN1c1ccc(NS(=O)(=O)c2ccc(F)c(Cl)c2)cc1. The van der Waals surface area contributed by atoms with Crippen LogP contribution in [0.25, 0.3) is 0 Å². The zero-order chi connectivity index (χ0) is 17.3. The van der Waals surface area contributed by atoms with E-state index in [1.54, 1.807) is 29.2 Å². The van der Waals surface area contributed by atoms with Crippen molar-refractivity contribution in [3.63, 3.8) is 0 Å². The van der Waals surface area contributed by atoms with Crippen LogP contribution >= 0.6 is 11.6 Å². The van der Waals surface area contributed by atoms with Gasteiger partial charge in [-0.3, -0.25) is 9.52 Å². The second kappa shape index (κ2) is 6.41. The highest BCUT2D eigenvalue weighted by atomic mass is 35.5. The third kappa shape index (κ3) is 3.37. The topological polar surface area (TPSA) is 66.5 Å². The second-order valence-electron chi connectivity index (χ2n) is 5.38. The maximum atomic E-state index is 13.2. The smallest absolute Gasteiger partial charge is 0.261 e. The lowest BCUT2D eigenvalue weighted by Crippen LogP contribution is -2.23. The average molecular weight is 369 g/mol. The third-order valence-electron chi connectivity index (χ3n) is 3.71. The van der Waals surface area contributed by atoms with Gasteiger partial charge in [-0.25, -0.2) is 12.8 Å². The summed E-state index contributed by atoms with van der Waals surface area (Å²) in [4.78, 5) is 13.2. The van der Waals surface area contributed by atoms with E-state index < -0.39 is 15.8 Å². The molecule has 1 amide bonds. The normalized spacial score (nSPS) is 14.9. The number of carbonyl (C=O) groups excluding carboxylic acids is 1. The summed E-state index contributed by atoms with van der Waals surface area (Å²) >= 11 is 5.63. The highest BCUT2D eigenvalue weighted by molar-refractivity contribution is 7.92. The van der Waals surface area contributed by atoms with E-state index in [4.69, 9.17) is 11.6 Å². The molecule has 0 unspecified atom stereocenters. The van der Waals surface area contributed by atoms with Crippen molar-refractivity contribution in [2.45, 2.75) is 17.7 Å². The molecule has 0 aromatic heterocycles. The Balaban J connectivity index is 1.80. The van der Waals surface area contributed by atoms with Crippen LogP contribution in [-0.2, 0) is 14.8 Å². The molecule has 126 valence electrons. The molecule has 1 fully saturated rings. The van der Waals surface area contributed by atoms with Crippen LogP contribution in [0.3, 0.4) is 0 Å². The van der Waals surface area contributed by atoms with Crippen molar-refractivity contribution >= 4 is 38.9 Å². The van der Waals surface area contributed by atoms with Crippen molar-refractivity contribution in [3.8, 4) is 0 Å². The maximum Gasteiger partial charge on any atom is 0.261 e. The summed E-state index contributed by atoms with van der Waals surface area (Å²) in [6, 6.07) is 9.70. The predicted molar refractivity (Wildman–Crippen MR) is 90.2 cm³/mol. The monoisotopic (exact) mass is 368 g/mol. The highest BCUT2D eigenvalue weighted by Crippen LogP contribution is 2.25. The van der Waals surface area contributed by atoms with Crippen molar-refractivity contribution in [2.24, 2.45) is 0 Å². The van der Waals surface area contributed by atoms with Gasteiger partial charge in [-0.15, -0.1) is 0 Å². The lowest BCUT2D eigenvalue weighted by atomic mass is 10.2. The Morgan fingerprint density at radius 3 is 2.42 bits per heavy atom. The summed E-state index contributed by atoms with van der Waals surface area (Å²) in [5.74, 6) is -0.625. The quantitative estimate of drug-likeness (QED) is 0.899. The number of halogens is 2. The van der Waals surface area contributed by atoms with Gasteiger partial charge in [-0.1, -0.05) is 11.6 Å². The van der Waals surface area contributed by atoms with Gasteiger partial charge in [0.05, 0.1) is 9.92 Å². The standard InChI is InChI=1S/C16H14ClFN2O3S/c17-14-10-13(7-8-15(14)18)24(22,23)19-11-3-5-12(6-4-11)20-9-1-2-16(20)21/h3-8,10,19H,1-2,9H2. The van der Waals surface area contributed by atoms with Crippen molar-refractivity contribution in [3.05, 3.63) is 53.3 Å². The van der Waals surface area contributed by atoms with Gasteiger partial charge in [0.15, 0.2) is 0 Å². The van der Waals surface area contributed by atoms with E-state index in [0.717, 1.165) is 30.3 Å². The van der Waals surface area contributed by atoms with Crippen LogP contribution in [0.4, 0.5) is 15.8 Å². The molecule has 0 spiro atoms. The van der Waals surface area contributed by atoms with Crippen LogP contribution in [0.5, 0.6) is 0 Å². The largest absolute Gasteiger partial charge is 0.312 e. The molecule has 0 aliphatic carbocycles. The first-order valence-corrected chi connectivity index (χ1v) is 9.11. The van der Waals surface area contributed by atoms with E-state index >= 15 is 0 Å². The van der Waals surface area contributed by atoms with Gasteiger partial charge in [0.1, 0.15) is 5.82 Å². The second-order valence-corrected chi connectivity index (χ2v) is 7.47. The summed E-state index contributed by atoms with van der Waals surface area (Å²) in [6.45, 7) is 0.665. The number of anilines is 2. The van der Waals surface area contributed by atoms with E-state index in [1.807, 2.05) is 0 Å². The number of nitrogens with one attached hydrogen (secondary N) is 1. The zero-order valence-electron chi connectivity index (χ0n) is 12.5. The Morgan fingerprint density at radius 1 is 1.12 bits per heavy atom. The Kier molecular flexibility index (Phi) is 4.47. The Hall–Kier alpha value is -2.12. The molecule has 0 atom stereocenters.